The van der Waals surface area contributed by atoms with Crippen LogP contribution in [-0.2, 0) is 19.4 Å². The average molecular weight is 358 g/mol. The van der Waals surface area contributed by atoms with Gasteiger partial charge in [0.25, 0.3) is 0 Å². The first-order valence-electron chi connectivity index (χ1n) is 9.28. The fraction of sp³-hybridized carbons (Fsp3) is 0.429. The molecule has 0 atom stereocenters. The van der Waals surface area contributed by atoms with Crippen LogP contribution in [0.5, 0.6) is 5.75 Å². The number of quaternary nitrogens is 1. The molecule has 2 aliphatic rings. The number of phenolic OH excluding ortho intramolecular Hbond substituents is 1. The number of phenols is 1. The molecule has 0 unspecified atom stereocenters. The van der Waals surface area contributed by atoms with Crippen molar-refractivity contribution in [1.29, 1.82) is 0 Å². The molecule has 0 radical (unpaired) electrons. The van der Waals surface area contributed by atoms with Crippen molar-refractivity contribution in [3.05, 3.63) is 57.6 Å². The fourth-order valence-corrected chi connectivity index (χ4v) is 4.40. The monoisotopic (exact) mass is 357 g/mol. The largest absolute Gasteiger partial charge is 0.507 e. The lowest BCUT2D eigenvalue weighted by Gasteiger charge is -2.34. The molecule has 1 aliphatic carbocycles. The van der Waals surface area contributed by atoms with Gasteiger partial charge in [-0.3, -0.25) is 0 Å². The van der Waals surface area contributed by atoms with Gasteiger partial charge in [-0.2, -0.15) is 0 Å². The van der Waals surface area contributed by atoms with Gasteiger partial charge < -0.3 is 14.9 Å². The highest BCUT2D eigenvalue weighted by Gasteiger charge is 2.23. The van der Waals surface area contributed by atoms with Crippen LogP contribution in [-0.4, -0.2) is 31.3 Å². The summed E-state index contributed by atoms with van der Waals surface area (Å²) < 4.78 is 0. The number of piperazine rings is 1. The van der Waals surface area contributed by atoms with Crippen LogP contribution >= 0.6 is 11.6 Å². The number of fused-ring (bicyclic) bond motifs is 1. The number of benzene rings is 2. The summed E-state index contributed by atoms with van der Waals surface area (Å²) in [6.07, 6.45) is 3.51. The maximum atomic E-state index is 10.4. The van der Waals surface area contributed by atoms with Crippen LogP contribution < -0.4 is 9.80 Å². The predicted octanol–water partition coefficient (Wildman–Crippen LogP) is 2.75. The van der Waals surface area contributed by atoms with Crippen LogP contribution in [0.3, 0.4) is 0 Å². The van der Waals surface area contributed by atoms with Crippen LogP contribution in [0.4, 0.5) is 5.69 Å². The molecular formula is C21H26ClN2O+. The molecule has 1 fully saturated rings. The van der Waals surface area contributed by atoms with E-state index in [0.717, 1.165) is 49.7 Å². The third-order valence-corrected chi connectivity index (χ3v) is 5.95. The highest BCUT2D eigenvalue weighted by atomic mass is 35.5. The van der Waals surface area contributed by atoms with Crippen LogP contribution in [0.25, 0.3) is 0 Å². The number of aromatic hydroxyl groups is 1. The highest BCUT2D eigenvalue weighted by Crippen LogP contribution is 2.29. The Labute approximate surface area is 154 Å². The lowest BCUT2D eigenvalue weighted by molar-refractivity contribution is -0.914. The van der Waals surface area contributed by atoms with Gasteiger partial charge in [-0.05, 0) is 67.1 Å². The Kier molecular flexibility index (Phi) is 4.61. The summed E-state index contributed by atoms with van der Waals surface area (Å²) in [6.45, 7) is 7.30. The SMILES string of the molecule is Cc1ccc(Cl)cc1N1CC[NH+](Cc2cc3c(cc2O)CCC3)CC1. The zero-order chi connectivity index (χ0) is 17.4. The van der Waals surface area contributed by atoms with Crippen molar-refractivity contribution in [3.8, 4) is 5.75 Å². The number of nitrogens with one attached hydrogen (secondary N) is 1. The number of anilines is 1. The van der Waals surface area contributed by atoms with Gasteiger partial charge in [0, 0.05) is 16.3 Å². The Bertz CT molecular complexity index is 782. The standard InChI is InChI=1S/C21H25ClN2O/c1-15-5-6-19(22)13-20(15)24-9-7-23(8-10-24)14-18-11-16-3-2-4-17(16)12-21(18)25/h5-6,11-13,25H,2-4,7-10,14H2,1H3/p+1. The minimum absolute atomic E-state index is 0.487. The summed E-state index contributed by atoms with van der Waals surface area (Å²) in [7, 11) is 0. The van der Waals surface area contributed by atoms with Gasteiger partial charge >= 0.3 is 0 Å². The summed E-state index contributed by atoms with van der Waals surface area (Å²) in [4.78, 5) is 3.98. The zero-order valence-electron chi connectivity index (χ0n) is 14.8. The van der Waals surface area contributed by atoms with Gasteiger partial charge in [-0.15, -0.1) is 0 Å². The van der Waals surface area contributed by atoms with Crippen molar-refractivity contribution in [1.82, 2.24) is 0 Å². The quantitative estimate of drug-likeness (QED) is 0.884. The molecule has 0 amide bonds. The van der Waals surface area contributed by atoms with Crippen LogP contribution in [0, 0.1) is 6.92 Å². The Balaban J connectivity index is 1.42. The Morgan fingerprint density at radius 3 is 2.56 bits per heavy atom. The molecule has 4 rings (SSSR count). The third kappa shape index (κ3) is 3.49. The Morgan fingerprint density at radius 1 is 1.08 bits per heavy atom. The van der Waals surface area contributed by atoms with E-state index in [9.17, 15) is 5.11 Å². The second kappa shape index (κ2) is 6.89. The van der Waals surface area contributed by atoms with Crippen molar-refractivity contribution in [2.24, 2.45) is 0 Å². The van der Waals surface area contributed by atoms with Crippen molar-refractivity contribution >= 4 is 17.3 Å². The van der Waals surface area contributed by atoms with Gasteiger partial charge in [0.1, 0.15) is 12.3 Å². The number of halogens is 1. The highest BCUT2D eigenvalue weighted by molar-refractivity contribution is 6.30. The van der Waals surface area contributed by atoms with Gasteiger partial charge in [-0.1, -0.05) is 17.7 Å². The smallest absolute Gasteiger partial charge is 0.124 e. The molecule has 25 heavy (non-hydrogen) atoms. The Hall–Kier alpha value is -1.71. The molecule has 1 saturated heterocycles. The van der Waals surface area contributed by atoms with E-state index in [4.69, 9.17) is 11.6 Å². The van der Waals surface area contributed by atoms with Gasteiger partial charge in [0.15, 0.2) is 0 Å². The van der Waals surface area contributed by atoms with Crippen LogP contribution in [0.15, 0.2) is 30.3 Å². The fourth-order valence-electron chi connectivity index (χ4n) is 4.24. The first-order chi connectivity index (χ1) is 12.1. The number of hydrogen-bond donors (Lipinski definition) is 2. The number of nitrogens with zero attached hydrogens (tertiary/aromatic N) is 1. The maximum Gasteiger partial charge on any atom is 0.124 e. The molecule has 0 aromatic heterocycles. The van der Waals surface area contributed by atoms with E-state index in [2.05, 4.69) is 30.0 Å². The molecule has 132 valence electrons. The first-order valence-corrected chi connectivity index (χ1v) is 9.66. The Morgan fingerprint density at radius 2 is 1.80 bits per heavy atom. The van der Waals surface area contributed by atoms with Crippen molar-refractivity contribution < 1.29 is 10.0 Å². The van der Waals surface area contributed by atoms with Gasteiger partial charge in [-0.25, -0.2) is 0 Å². The van der Waals surface area contributed by atoms with Gasteiger partial charge in [0.2, 0.25) is 0 Å². The molecule has 2 aromatic carbocycles. The summed E-state index contributed by atoms with van der Waals surface area (Å²) in [5.74, 6) is 0.487. The first kappa shape index (κ1) is 16.7. The maximum absolute atomic E-state index is 10.4. The average Bonchev–Trinajstić information content (AvgIpc) is 3.05. The summed E-state index contributed by atoms with van der Waals surface area (Å²) in [6, 6.07) is 10.4. The molecule has 0 saturated carbocycles. The topological polar surface area (TPSA) is 27.9 Å². The molecule has 1 aliphatic heterocycles. The minimum Gasteiger partial charge on any atom is -0.507 e. The van der Waals surface area contributed by atoms with Crippen molar-refractivity contribution in [2.75, 3.05) is 31.1 Å². The summed E-state index contributed by atoms with van der Waals surface area (Å²) in [5, 5.41) is 11.2. The second-order valence-electron chi connectivity index (χ2n) is 7.45. The molecule has 0 bridgehead atoms. The minimum atomic E-state index is 0.487. The van der Waals surface area contributed by atoms with E-state index in [1.54, 1.807) is 4.90 Å². The molecule has 1 heterocycles. The summed E-state index contributed by atoms with van der Waals surface area (Å²) >= 11 is 6.18. The molecular weight excluding hydrogens is 332 g/mol. The lowest BCUT2D eigenvalue weighted by Crippen LogP contribution is -3.13. The number of hydrogen-bond acceptors (Lipinski definition) is 2. The van der Waals surface area contributed by atoms with E-state index in [1.807, 2.05) is 12.1 Å². The summed E-state index contributed by atoms with van der Waals surface area (Å²) in [5.41, 5.74) is 6.44. The molecule has 3 nitrogen and oxygen atoms in total. The zero-order valence-corrected chi connectivity index (χ0v) is 15.6. The van der Waals surface area contributed by atoms with E-state index < -0.39 is 0 Å². The normalized spacial score (nSPS) is 17.8. The number of rotatable bonds is 3. The molecule has 2 aromatic rings. The van der Waals surface area contributed by atoms with E-state index in [1.165, 1.54) is 35.2 Å². The number of aryl methyl sites for hydroxylation is 3. The van der Waals surface area contributed by atoms with E-state index in [-0.39, 0.29) is 0 Å². The van der Waals surface area contributed by atoms with E-state index in [0.29, 0.717) is 5.75 Å². The second-order valence-corrected chi connectivity index (χ2v) is 7.88. The van der Waals surface area contributed by atoms with Crippen molar-refractivity contribution in [2.45, 2.75) is 32.7 Å². The predicted molar refractivity (Wildman–Crippen MR) is 103 cm³/mol. The molecule has 0 spiro atoms. The van der Waals surface area contributed by atoms with Crippen molar-refractivity contribution in [3.63, 3.8) is 0 Å². The lowest BCUT2D eigenvalue weighted by atomic mass is 10.0. The van der Waals surface area contributed by atoms with E-state index >= 15 is 0 Å². The van der Waals surface area contributed by atoms with Crippen LogP contribution in [0.2, 0.25) is 5.02 Å². The third-order valence-electron chi connectivity index (χ3n) is 5.72. The van der Waals surface area contributed by atoms with Gasteiger partial charge in [0.05, 0.1) is 26.2 Å². The molecule has 2 N–H and O–H groups in total. The molecule has 4 heteroatoms. The van der Waals surface area contributed by atoms with Crippen LogP contribution in [0.1, 0.15) is 28.7 Å².